The van der Waals surface area contributed by atoms with Crippen molar-refractivity contribution in [3.05, 3.63) is 23.0 Å². The molecule has 0 unspecified atom stereocenters. The molecule has 2 atom stereocenters. The van der Waals surface area contributed by atoms with Gasteiger partial charge in [0.2, 0.25) is 8.32 Å². The Morgan fingerprint density at radius 1 is 1.00 bits per heavy atom. The van der Waals surface area contributed by atoms with Crippen molar-refractivity contribution in [2.45, 2.75) is 71.0 Å². The van der Waals surface area contributed by atoms with Gasteiger partial charge in [0.05, 0.1) is 5.76 Å². The van der Waals surface area contributed by atoms with Crippen LogP contribution in [0.4, 0.5) is 0 Å². The summed E-state index contributed by atoms with van der Waals surface area (Å²) in [4.78, 5) is 0. The smallest absolute Gasteiger partial charge is 0.241 e. The number of allylic oxidation sites excluding steroid dienone is 4. The van der Waals surface area contributed by atoms with Crippen LogP contribution in [0.2, 0.25) is 19.6 Å². The van der Waals surface area contributed by atoms with E-state index in [2.05, 4.69) is 25.7 Å². The third kappa shape index (κ3) is 2.99. The van der Waals surface area contributed by atoms with E-state index in [1.54, 1.807) is 0 Å². The predicted octanol–water partition coefficient (Wildman–Crippen LogP) is 5.41. The molecule has 0 radical (unpaired) electrons. The third-order valence-corrected chi connectivity index (χ3v) is 5.71. The third-order valence-electron chi connectivity index (χ3n) is 4.83. The molecule has 19 heavy (non-hydrogen) atoms. The van der Waals surface area contributed by atoms with Crippen molar-refractivity contribution >= 4 is 8.32 Å². The van der Waals surface area contributed by atoms with Crippen molar-refractivity contribution in [2.75, 3.05) is 0 Å². The van der Waals surface area contributed by atoms with Crippen molar-refractivity contribution < 1.29 is 4.43 Å². The van der Waals surface area contributed by atoms with Crippen molar-refractivity contribution in [3.63, 3.8) is 0 Å². The molecule has 0 aromatic heterocycles. The second-order valence-corrected chi connectivity index (χ2v) is 12.0. The highest BCUT2D eigenvalue weighted by molar-refractivity contribution is 6.70. The number of fused-ring (bicyclic) bond motifs is 2. The minimum absolute atomic E-state index is 0.721. The van der Waals surface area contributed by atoms with E-state index < -0.39 is 8.32 Å². The molecule has 0 amide bonds. The van der Waals surface area contributed by atoms with Crippen LogP contribution in [0.1, 0.15) is 51.4 Å². The van der Waals surface area contributed by atoms with Crippen LogP contribution in [0.25, 0.3) is 0 Å². The molecule has 0 bridgehead atoms. The molecule has 1 nitrogen and oxygen atoms in total. The van der Waals surface area contributed by atoms with Gasteiger partial charge in [-0.2, -0.15) is 0 Å². The van der Waals surface area contributed by atoms with Gasteiger partial charge in [-0.1, -0.05) is 17.6 Å². The van der Waals surface area contributed by atoms with Gasteiger partial charge < -0.3 is 4.43 Å². The van der Waals surface area contributed by atoms with Crippen LogP contribution in [0.3, 0.4) is 0 Å². The molecular weight excluding hydrogens is 248 g/mol. The van der Waals surface area contributed by atoms with Gasteiger partial charge in [-0.25, -0.2) is 0 Å². The Morgan fingerprint density at radius 3 is 2.58 bits per heavy atom. The standard InChI is InChI=1S/C17H28OSi/c1-19(2,3)18-15-11-13-7-4-5-9-16(13)17-10-6-8-14(17)12-15/h11,13-14H,4-10,12H2,1-3H3/t13-,14+/m1/s1. The Hall–Kier alpha value is -0.503. The van der Waals surface area contributed by atoms with E-state index in [1.165, 1.54) is 57.1 Å². The normalized spacial score (nSPS) is 31.4. The molecule has 106 valence electrons. The largest absolute Gasteiger partial charge is 0.548 e. The lowest BCUT2D eigenvalue weighted by Gasteiger charge is -2.25. The first-order valence-electron chi connectivity index (χ1n) is 8.14. The van der Waals surface area contributed by atoms with Crippen LogP contribution < -0.4 is 0 Å². The fourth-order valence-electron chi connectivity index (χ4n) is 4.19. The molecule has 0 heterocycles. The average molecular weight is 276 g/mol. The van der Waals surface area contributed by atoms with Crippen molar-refractivity contribution in [3.8, 4) is 0 Å². The summed E-state index contributed by atoms with van der Waals surface area (Å²) in [7, 11) is -1.45. The lowest BCUT2D eigenvalue weighted by molar-refractivity contribution is 0.373. The van der Waals surface area contributed by atoms with Gasteiger partial charge >= 0.3 is 0 Å². The van der Waals surface area contributed by atoms with Gasteiger partial charge in [0.1, 0.15) is 0 Å². The molecule has 0 saturated heterocycles. The summed E-state index contributed by atoms with van der Waals surface area (Å²) in [5.41, 5.74) is 3.66. The number of rotatable bonds is 2. The predicted molar refractivity (Wildman–Crippen MR) is 83.5 cm³/mol. The Balaban J connectivity index is 1.89. The Morgan fingerprint density at radius 2 is 1.79 bits per heavy atom. The van der Waals surface area contributed by atoms with E-state index in [0.29, 0.717) is 0 Å². The van der Waals surface area contributed by atoms with E-state index in [-0.39, 0.29) is 0 Å². The molecule has 2 saturated carbocycles. The highest BCUT2D eigenvalue weighted by atomic mass is 28.4. The van der Waals surface area contributed by atoms with Crippen LogP contribution in [0.15, 0.2) is 23.0 Å². The highest BCUT2D eigenvalue weighted by Gasteiger charge is 2.33. The minimum Gasteiger partial charge on any atom is -0.548 e. The Kier molecular flexibility index (Phi) is 3.63. The molecule has 2 heteroatoms. The maximum atomic E-state index is 6.39. The molecule has 2 fully saturated rings. The van der Waals surface area contributed by atoms with Gasteiger partial charge in [-0.15, -0.1) is 0 Å². The zero-order chi connectivity index (χ0) is 13.5. The zero-order valence-electron chi connectivity index (χ0n) is 12.8. The first-order valence-corrected chi connectivity index (χ1v) is 11.6. The van der Waals surface area contributed by atoms with Gasteiger partial charge in [0.15, 0.2) is 0 Å². The van der Waals surface area contributed by atoms with E-state index in [9.17, 15) is 0 Å². The van der Waals surface area contributed by atoms with Gasteiger partial charge in [-0.05, 0) is 70.2 Å². The molecule has 0 aromatic carbocycles. The fourth-order valence-corrected chi connectivity index (χ4v) is 5.13. The van der Waals surface area contributed by atoms with E-state index in [0.717, 1.165) is 11.8 Å². The molecule has 3 rings (SSSR count). The fraction of sp³-hybridized carbons (Fsp3) is 0.765. The van der Waals surface area contributed by atoms with Crippen LogP contribution in [0.5, 0.6) is 0 Å². The summed E-state index contributed by atoms with van der Waals surface area (Å²) in [5.74, 6) is 2.88. The summed E-state index contributed by atoms with van der Waals surface area (Å²) >= 11 is 0. The van der Waals surface area contributed by atoms with Gasteiger partial charge in [0.25, 0.3) is 0 Å². The van der Waals surface area contributed by atoms with Crippen molar-refractivity contribution in [2.24, 2.45) is 11.8 Å². The molecule has 3 aliphatic rings. The maximum absolute atomic E-state index is 6.39. The molecule has 3 aliphatic carbocycles. The number of hydrogen-bond donors (Lipinski definition) is 0. The second kappa shape index (κ2) is 5.12. The van der Waals surface area contributed by atoms with Gasteiger partial charge in [-0.3, -0.25) is 0 Å². The molecule has 0 N–H and O–H groups in total. The minimum atomic E-state index is -1.45. The lowest BCUT2D eigenvalue weighted by Crippen LogP contribution is -2.25. The molecular formula is C17H28OSi. The highest BCUT2D eigenvalue weighted by Crippen LogP contribution is 2.46. The van der Waals surface area contributed by atoms with E-state index >= 15 is 0 Å². The van der Waals surface area contributed by atoms with Crippen LogP contribution in [-0.2, 0) is 4.43 Å². The zero-order valence-corrected chi connectivity index (χ0v) is 13.8. The second-order valence-electron chi connectivity index (χ2n) is 7.54. The number of hydrogen-bond acceptors (Lipinski definition) is 1. The first kappa shape index (κ1) is 13.5. The van der Waals surface area contributed by atoms with E-state index in [4.69, 9.17) is 4.43 Å². The first-order chi connectivity index (χ1) is 9.03. The van der Waals surface area contributed by atoms with Crippen LogP contribution >= 0.6 is 0 Å². The summed E-state index contributed by atoms with van der Waals surface area (Å²) in [6.07, 6.45) is 13.5. The lowest BCUT2D eigenvalue weighted by atomic mass is 9.80. The topological polar surface area (TPSA) is 9.23 Å². The Bertz CT molecular complexity index is 413. The summed E-state index contributed by atoms with van der Waals surface area (Å²) in [6.45, 7) is 6.93. The SMILES string of the molecule is C[Si](C)(C)OC1=C[C@H]2CCCCC2=C2CCC[C@H]2C1. The molecule has 0 aromatic rings. The van der Waals surface area contributed by atoms with Crippen molar-refractivity contribution in [1.82, 2.24) is 0 Å². The Labute approximate surface area is 119 Å². The summed E-state index contributed by atoms with van der Waals surface area (Å²) in [5, 5.41) is 0. The monoisotopic (exact) mass is 276 g/mol. The van der Waals surface area contributed by atoms with Crippen LogP contribution in [-0.4, -0.2) is 8.32 Å². The molecule has 0 spiro atoms. The van der Waals surface area contributed by atoms with Gasteiger partial charge in [0, 0.05) is 12.3 Å². The quantitative estimate of drug-likeness (QED) is 0.484. The molecule has 0 aliphatic heterocycles. The average Bonchev–Trinajstić information content (AvgIpc) is 2.70. The summed E-state index contributed by atoms with van der Waals surface area (Å²) in [6, 6.07) is 0. The van der Waals surface area contributed by atoms with E-state index in [1.807, 2.05) is 11.1 Å². The maximum Gasteiger partial charge on any atom is 0.241 e. The summed E-state index contributed by atoms with van der Waals surface area (Å²) < 4.78 is 6.39. The van der Waals surface area contributed by atoms with Crippen LogP contribution in [0, 0.1) is 11.8 Å². The van der Waals surface area contributed by atoms with Crippen molar-refractivity contribution in [1.29, 1.82) is 0 Å².